The first-order valence-electron chi connectivity index (χ1n) is 14.6. The molecule has 210 valence electrons. The maximum atomic E-state index is 14.2. The number of ether oxygens (including phenoxy) is 1. The summed E-state index contributed by atoms with van der Waals surface area (Å²) in [5.74, 6) is 0.474. The lowest BCUT2D eigenvalue weighted by Gasteiger charge is -2.24. The molecule has 0 saturated carbocycles. The molecule has 2 heterocycles. The van der Waals surface area contributed by atoms with Gasteiger partial charge in [-0.05, 0) is 128 Å². The van der Waals surface area contributed by atoms with Gasteiger partial charge in [-0.25, -0.2) is 4.39 Å². The van der Waals surface area contributed by atoms with Gasteiger partial charge in [-0.1, -0.05) is 24.3 Å². The summed E-state index contributed by atoms with van der Waals surface area (Å²) in [5, 5.41) is 0. The molecular weight excluding hydrogens is 548 g/mol. The van der Waals surface area contributed by atoms with Crippen molar-refractivity contribution in [3.8, 4) is 11.1 Å². The van der Waals surface area contributed by atoms with Crippen molar-refractivity contribution in [1.82, 2.24) is 0 Å². The molecule has 5 heteroatoms. The van der Waals surface area contributed by atoms with E-state index in [1.54, 1.807) is 12.1 Å². The average Bonchev–Trinajstić information content (AvgIpc) is 3.18. The summed E-state index contributed by atoms with van der Waals surface area (Å²) in [7, 11) is 0. The van der Waals surface area contributed by atoms with E-state index in [2.05, 4.69) is 73.9 Å². The van der Waals surface area contributed by atoms with E-state index < -0.39 is 0 Å². The van der Waals surface area contributed by atoms with Crippen LogP contribution in [0.5, 0.6) is 0 Å². The van der Waals surface area contributed by atoms with Crippen LogP contribution in [-0.2, 0) is 9.53 Å². The first-order valence-corrected chi connectivity index (χ1v) is 15.9. The van der Waals surface area contributed by atoms with Crippen LogP contribution in [-0.4, -0.2) is 19.0 Å². The second-order valence-electron chi connectivity index (χ2n) is 11.3. The number of carbonyl (C=O) groups is 1. The normalized spacial score (nSPS) is 20.9. The van der Waals surface area contributed by atoms with E-state index in [1.807, 2.05) is 11.3 Å². The van der Waals surface area contributed by atoms with Gasteiger partial charge in [-0.15, -0.1) is 29.7 Å². The SMILES string of the molecule is Cc1ccc(C2=CCC=C=Cc3cc(C4=CCC(C(=O)C5CCCOCC5)CC4)sc32)cc1-c1cc(F)ccc1S. The van der Waals surface area contributed by atoms with Crippen molar-refractivity contribution in [2.45, 2.75) is 56.8 Å². The summed E-state index contributed by atoms with van der Waals surface area (Å²) in [6.45, 7) is 3.55. The second kappa shape index (κ2) is 12.5. The molecular formula is C36H35FO2S2. The summed E-state index contributed by atoms with van der Waals surface area (Å²) in [6.07, 6.45) is 15.0. The molecule has 2 aromatic carbocycles. The molecule has 0 amide bonds. The number of thiol groups is 1. The number of halogens is 1. The highest BCUT2D eigenvalue weighted by Crippen LogP contribution is 2.42. The standard InChI is InChI=1S/C36H35FO2S2/c1-23-9-10-27(20-31(23)32-22-29(37)15-16-33(32)40)30-8-4-2-3-6-28-21-34(41-36(28)30)24-11-13-26(14-12-24)35(38)25-7-5-18-39-19-17-25/h2,6,8-11,15-16,20-22,25-26,40H,4-5,7,12-14,17-19H2,1H3. The molecule has 3 aliphatic rings. The average molecular weight is 583 g/mol. The van der Waals surface area contributed by atoms with Crippen LogP contribution in [0.2, 0.25) is 0 Å². The van der Waals surface area contributed by atoms with Crippen molar-refractivity contribution in [1.29, 1.82) is 0 Å². The van der Waals surface area contributed by atoms with Crippen LogP contribution < -0.4 is 0 Å². The maximum absolute atomic E-state index is 14.2. The van der Waals surface area contributed by atoms with Crippen LogP contribution in [0, 0.1) is 24.6 Å². The van der Waals surface area contributed by atoms with Crippen LogP contribution in [0.4, 0.5) is 4.39 Å². The van der Waals surface area contributed by atoms with Crippen molar-refractivity contribution >= 4 is 47.0 Å². The molecule has 3 aromatic rings. The fraction of sp³-hybridized carbons (Fsp3) is 0.333. The highest BCUT2D eigenvalue weighted by Gasteiger charge is 2.29. The number of thiophene rings is 1. The van der Waals surface area contributed by atoms with Gasteiger partial charge in [-0.2, -0.15) is 0 Å². The number of aryl methyl sites for hydroxylation is 1. The quantitative estimate of drug-likeness (QED) is 0.239. The van der Waals surface area contributed by atoms with Crippen molar-refractivity contribution in [2.75, 3.05) is 13.2 Å². The van der Waals surface area contributed by atoms with E-state index in [0.29, 0.717) is 12.4 Å². The molecule has 2 aliphatic carbocycles. The molecule has 0 radical (unpaired) electrons. The van der Waals surface area contributed by atoms with Crippen LogP contribution in [0.3, 0.4) is 0 Å². The number of allylic oxidation sites excluding steroid dienone is 4. The number of rotatable bonds is 5. The number of ketones is 1. The predicted molar refractivity (Wildman–Crippen MR) is 171 cm³/mol. The fourth-order valence-corrected chi connectivity index (χ4v) is 7.79. The number of Topliss-reactive ketones (excluding diaryl/α,β-unsaturated/α-hetero) is 1. The number of fused-ring (bicyclic) bond motifs is 1. The Balaban J connectivity index is 1.29. The molecule has 2 nitrogen and oxygen atoms in total. The third kappa shape index (κ3) is 6.15. The maximum Gasteiger partial charge on any atom is 0.139 e. The molecule has 0 bridgehead atoms. The Kier molecular flexibility index (Phi) is 8.60. The van der Waals surface area contributed by atoms with Gasteiger partial charge in [0.15, 0.2) is 0 Å². The summed E-state index contributed by atoms with van der Waals surface area (Å²) >= 11 is 6.45. The summed E-state index contributed by atoms with van der Waals surface area (Å²) in [4.78, 5) is 16.5. The summed E-state index contributed by atoms with van der Waals surface area (Å²) in [6, 6.07) is 13.5. The predicted octanol–water partition coefficient (Wildman–Crippen LogP) is 9.72. The van der Waals surface area contributed by atoms with E-state index >= 15 is 0 Å². The molecule has 0 N–H and O–H groups in total. The molecule has 1 fully saturated rings. The Morgan fingerprint density at radius 3 is 2.78 bits per heavy atom. The Morgan fingerprint density at radius 2 is 1.93 bits per heavy atom. The molecule has 1 aromatic heterocycles. The smallest absolute Gasteiger partial charge is 0.139 e. The molecule has 41 heavy (non-hydrogen) atoms. The van der Waals surface area contributed by atoms with E-state index in [-0.39, 0.29) is 17.7 Å². The zero-order valence-corrected chi connectivity index (χ0v) is 25.1. The van der Waals surface area contributed by atoms with Crippen molar-refractivity contribution in [3.63, 3.8) is 0 Å². The Bertz CT molecular complexity index is 1590. The van der Waals surface area contributed by atoms with Gasteiger partial charge in [0.05, 0.1) is 0 Å². The largest absolute Gasteiger partial charge is 0.381 e. The fourth-order valence-electron chi connectivity index (χ4n) is 6.26. The van der Waals surface area contributed by atoms with Crippen LogP contribution in [0.25, 0.3) is 28.3 Å². The highest BCUT2D eigenvalue weighted by atomic mass is 32.1. The number of carbonyl (C=O) groups excluding carboxylic acids is 1. The first-order chi connectivity index (χ1) is 20.0. The van der Waals surface area contributed by atoms with Gasteiger partial charge < -0.3 is 4.74 Å². The van der Waals surface area contributed by atoms with Gasteiger partial charge in [0, 0.05) is 45.3 Å². The van der Waals surface area contributed by atoms with Gasteiger partial charge in [0.2, 0.25) is 0 Å². The lowest BCUT2D eigenvalue weighted by Crippen LogP contribution is -2.25. The second-order valence-corrected chi connectivity index (χ2v) is 12.8. The van der Waals surface area contributed by atoms with Crippen molar-refractivity contribution < 1.29 is 13.9 Å². The van der Waals surface area contributed by atoms with Crippen LogP contribution in [0.1, 0.15) is 71.4 Å². The number of hydrogen-bond donors (Lipinski definition) is 1. The first kappa shape index (κ1) is 28.2. The zero-order chi connectivity index (χ0) is 28.3. The zero-order valence-electron chi connectivity index (χ0n) is 23.4. The molecule has 0 spiro atoms. The van der Waals surface area contributed by atoms with E-state index in [9.17, 15) is 9.18 Å². The third-order valence-corrected chi connectivity index (χ3v) is 10.2. The molecule has 2 unspecified atom stereocenters. The van der Waals surface area contributed by atoms with Gasteiger partial charge in [0.25, 0.3) is 0 Å². The molecule has 6 rings (SSSR count). The number of hydrogen-bond acceptors (Lipinski definition) is 4. The van der Waals surface area contributed by atoms with E-state index in [0.717, 1.165) is 84.3 Å². The van der Waals surface area contributed by atoms with Gasteiger partial charge in [-0.3, -0.25) is 4.79 Å². The Labute approximate surface area is 251 Å². The van der Waals surface area contributed by atoms with Gasteiger partial charge >= 0.3 is 0 Å². The Morgan fingerprint density at radius 1 is 1.02 bits per heavy atom. The number of benzene rings is 2. The highest BCUT2D eigenvalue weighted by molar-refractivity contribution is 7.80. The summed E-state index contributed by atoms with van der Waals surface area (Å²) in [5.41, 5.74) is 11.0. The third-order valence-electron chi connectivity index (χ3n) is 8.58. The lowest BCUT2D eigenvalue weighted by atomic mass is 9.80. The van der Waals surface area contributed by atoms with Crippen molar-refractivity contribution in [2.24, 2.45) is 11.8 Å². The molecule has 1 aliphatic heterocycles. The monoisotopic (exact) mass is 582 g/mol. The molecule has 1 saturated heterocycles. The minimum atomic E-state index is -0.263. The Hall–Kier alpha value is -2.95. The van der Waals surface area contributed by atoms with E-state index in [4.69, 9.17) is 4.74 Å². The van der Waals surface area contributed by atoms with Gasteiger partial charge in [0.1, 0.15) is 11.6 Å². The molecule has 2 atom stereocenters. The minimum Gasteiger partial charge on any atom is -0.381 e. The minimum absolute atomic E-state index is 0.131. The van der Waals surface area contributed by atoms with Crippen LogP contribution in [0.15, 0.2) is 71.3 Å². The van der Waals surface area contributed by atoms with Crippen LogP contribution >= 0.6 is 24.0 Å². The lowest BCUT2D eigenvalue weighted by molar-refractivity contribution is -0.127. The van der Waals surface area contributed by atoms with E-state index in [1.165, 1.54) is 27.0 Å². The topological polar surface area (TPSA) is 26.3 Å². The summed E-state index contributed by atoms with van der Waals surface area (Å²) < 4.78 is 19.8. The van der Waals surface area contributed by atoms with Crippen molar-refractivity contribution in [3.05, 3.63) is 98.7 Å².